The van der Waals surface area contributed by atoms with Crippen LogP contribution in [0.3, 0.4) is 0 Å². The van der Waals surface area contributed by atoms with Crippen molar-refractivity contribution in [3.63, 3.8) is 0 Å². The molecule has 0 spiro atoms. The molecule has 0 aromatic carbocycles. The molecule has 2 aliphatic rings. The number of ether oxygens (including phenoxy) is 3. The summed E-state index contributed by atoms with van der Waals surface area (Å²) in [6.45, 7) is 5.98. The fraction of sp³-hybridized carbons (Fsp3) is 0.857. The SMILES string of the molecule is CCCCCCCCC=CCCCCCCC(CC1CO1)C(=O)OC(=O)C(CCCCCC/C=C\CCCCCCCC)CC1CO1. The smallest absolute Gasteiger partial charge is 0.316 e. The highest BCUT2D eigenvalue weighted by molar-refractivity contribution is 5.88. The molecular weight excluding hydrogens is 584 g/mol. The van der Waals surface area contributed by atoms with E-state index in [2.05, 4.69) is 38.2 Å². The quantitative estimate of drug-likeness (QED) is 0.0226. The monoisotopic (exact) mass is 659 g/mol. The minimum atomic E-state index is -0.336. The number of rotatable bonds is 34. The summed E-state index contributed by atoms with van der Waals surface area (Å²) in [4.78, 5) is 26.3. The Morgan fingerprint density at radius 1 is 0.511 bits per heavy atom. The van der Waals surface area contributed by atoms with Crippen molar-refractivity contribution in [2.75, 3.05) is 13.2 Å². The number of hydrogen-bond donors (Lipinski definition) is 0. The van der Waals surface area contributed by atoms with Crippen molar-refractivity contribution in [3.8, 4) is 0 Å². The van der Waals surface area contributed by atoms with Gasteiger partial charge in [-0.3, -0.25) is 9.59 Å². The summed E-state index contributed by atoms with van der Waals surface area (Å²) in [5, 5.41) is 0. The number of hydrogen-bond acceptors (Lipinski definition) is 5. The molecule has 0 aromatic rings. The second kappa shape index (κ2) is 29.5. The van der Waals surface area contributed by atoms with Gasteiger partial charge in [-0.15, -0.1) is 0 Å². The first kappa shape index (κ1) is 41.7. The summed E-state index contributed by atoms with van der Waals surface area (Å²) in [7, 11) is 0. The van der Waals surface area contributed by atoms with E-state index in [1.807, 2.05) is 0 Å². The Kier molecular flexibility index (Phi) is 26.1. The number of unbranched alkanes of at least 4 members (excludes halogenated alkanes) is 20. The topological polar surface area (TPSA) is 68.4 Å². The number of allylic oxidation sites excluding steroid dienone is 4. The van der Waals surface area contributed by atoms with Crippen molar-refractivity contribution in [1.29, 1.82) is 0 Å². The van der Waals surface area contributed by atoms with Gasteiger partial charge in [-0.05, 0) is 77.0 Å². The summed E-state index contributed by atoms with van der Waals surface area (Å²) >= 11 is 0. The Bertz CT molecular complexity index is 746. The number of epoxide rings is 2. The van der Waals surface area contributed by atoms with Gasteiger partial charge in [0.2, 0.25) is 0 Å². The molecule has 2 aliphatic heterocycles. The van der Waals surface area contributed by atoms with E-state index in [0.717, 1.165) is 64.6 Å². The molecule has 0 saturated carbocycles. The first-order valence-corrected chi connectivity index (χ1v) is 20.4. The van der Waals surface area contributed by atoms with Gasteiger partial charge in [0.15, 0.2) is 0 Å². The maximum absolute atomic E-state index is 13.1. The lowest BCUT2D eigenvalue weighted by Gasteiger charge is -2.18. The molecule has 0 N–H and O–H groups in total. The molecular formula is C42H74O5. The molecule has 2 rings (SSSR count). The Balaban J connectivity index is 1.56. The Hall–Kier alpha value is -1.46. The van der Waals surface area contributed by atoms with Crippen LogP contribution < -0.4 is 0 Å². The molecule has 0 aliphatic carbocycles. The van der Waals surface area contributed by atoms with E-state index < -0.39 is 0 Å². The zero-order valence-corrected chi connectivity index (χ0v) is 30.9. The molecule has 4 atom stereocenters. The Labute approximate surface area is 290 Å². The predicted molar refractivity (Wildman–Crippen MR) is 196 cm³/mol. The zero-order chi connectivity index (χ0) is 33.6. The van der Waals surface area contributed by atoms with E-state index in [4.69, 9.17) is 14.2 Å². The van der Waals surface area contributed by atoms with Gasteiger partial charge in [0.1, 0.15) is 0 Å². The average molecular weight is 659 g/mol. The second-order valence-corrected chi connectivity index (χ2v) is 14.6. The minimum absolute atomic E-state index is 0.153. The molecule has 5 nitrogen and oxygen atoms in total. The van der Waals surface area contributed by atoms with E-state index >= 15 is 0 Å². The van der Waals surface area contributed by atoms with E-state index in [0.29, 0.717) is 12.8 Å². The van der Waals surface area contributed by atoms with Gasteiger partial charge in [-0.1, -0.05) is 141 Å². The maximum atomic E-state index is 13.1. The molecule has 0 amide bonds. The molecule has 272 valence electrons. The summed E-state index contributed by atoms with van der Waals surface area (Å²) in [6.07, 6.45) is 42.6. The van der Waals surface area contributed by atoms with Crippen LogP contribution in [0.15, 0.2) is 24.3 Å². The highest BCUT2D eigenvalue weighted by Crippen LogP contribution is 2.28. The van der Waals surface area contributed by atoms with Crippen LogP contribution in [0, 0.1) is 11.8 Å². The van der Waals surface area contributed by atoms with E-state index in [9.17, 15) is 9.59 Å². The molecule has 47 heavy (non-hydrogen) atoms. The maximum Gasteiger partial charge on any atom is 0.316 e. The van der Waals surface area contributed by atoms with Crippen molar-refractivity contribution in [2.45, 2.75) is 206 Å². The minimum Gasteiger partial charge on any atom is -0.393 e. The van der Waals surface area contributed by atoms with Crippen molar-refractivity contribution in [1.82, 2.24) is 0 Å². The van der Waals surface area contributed by atoms with E-state index in [-0.39, 0.29) is 36.0 Å². The Morgan fingerprint density at radius 2 is 0.809 bits per heavy atom. The summed E-state index contributed by atoms with van der Waals surface area (Å²) in [5.74, 6) is -1.15. The van der Waals surface area contributed by atoms with Crippen LogP contribution in [0.2, 0.25) is 0 Å². The zero-order valence-electron chi connectivity index (χ0n) is 30.9. The van der Waals surface area contributed by atoms with Gasteiger partial charge >= 0.3 is 11.9 Å². The number of carbonyl (C=O) groups excluding carboxylic acids is 2. The Morgan fingerprint density at radius 3 is 1.13 bits per heavy atom. The van der Waals surface area contributed by atoms with Crippen LogP contribution in [0.5, 0.6) is 0 Å². The molecule has 2 saturated heterocycles. The third-order valence-corrected chi connectivity index (χ3v) is 9.90. The summed E-state index contributed by atoms with van der Waals surface area (Å²) in [5.41, 5.74) is 0. The van der Waals surface area contributed by atoms with Crippen molar-refractivity contribution in [3.05, 3.63) is 24.3 Å². The van der Waals surface area contributed by atoms with Gasteiger partial charge < -0.3 is 14.2 Å². The molecule has 0 bridgehead atoms. The van der Waals surface area contributed by atoms with Gasteiger partial charge in [-0.25, -0.2) is 0 Å². The predicted octanol–water partition coefficient (Wildman–Crippen LogP) is 12.2. The van der Waals surface area contributed by atoms with Gasteiger partial charge in [-0.2, -0.15) is 0 Å². The standard InChI is InChI=1S/C42H74O5/c1-3-5-7-9-11-13-15-17-19-21-23-25-27-29-31-37(33-39-35-45-39)41(43)47-42(44)38(34-40-36-46-40)32-30-28-26-24-22-20-18-16-14-12-10-8-6-4-2/h17-20,37-40H,3-16,21-36H2,1-2H3/b19-17-,20-18?. The second-order valence-electron chi connectivity index (χ2n) is 14.6. The van der Waals surface area contributed by atoms with Gasteiger partial charge in [0.25, 0.3) is 0 Å². The molecule has 0 radical (unpaired) electrons. The van der Waals surface area contributed by atoms with E-state index in [1.165, 1.54) is 116 Å². The highest BCUT2D eigenvalue weighted by Gasteiger charge is 2.35. The largest absolute Gasteiger partial charge is 0.393 e. The summed E-state index contributed by atoms with van der Waals surface area (Å²) in [6, 6.07) is 0. The van der Waals surface area contributed by atoms with Crippen LogP contribution in [0.1, 0.15) is 194 Å². The van der Waals surface area contributed by atoms with Crippen LogP contribution in [-0.2, 0) is 23.8 Å². The first-order valence-electron chi connectivity index (χ1n) is 20.4. The lowest BCUT2D eigenvalue weighted by atomic mass is 9.94. The molecule has 5 heteroatoms. The molecule has 2 heterocycles. The number of esters is 2. The van der Waals surface area contributed by atoms with E-state index in [1.54, 1.807) is 0 Å². The van der Waals surface area contributed by atoms with Crippen LogP contribution >= 0.6 is 0 Å². The van der Waals surface area contributed by atoms with Crippen LogP contribution in [-0.4, -0.2) is 37.4 Å². The summed E-state index contributed by atoms with van der Waals surface area (Å²) < 4.78 is 16.4. The third-order valence-electron chi connectivity index (χ3n) is 9.90. The third kappa shape index (κ3) is 25.2. The molecule has 4 unspecified atom stereocenters. The van der Waals surface area contributed by atoms with Crippen LogP contribution in [0.4, 0.5) is 0 Å². The lowest BCUT2D eigenvalue weighted by Crippen LogP contribution is -2.28. The normalized spacial score (nSPS) is 18.6. The van der Waals surface area contributed by atoms with Gasteiger partial charge in [0, 0.05) is 0 Å². The lowest BCUT2D eigenvalue weighted by molar-refractivity contribution is -0.166. The molecule has 2 fully saturated rings. The number of carbonyl (C=O) groups is 2. The van der Waals surface area contributed by atoms with Crippen LogP contribution in [0.25, 0.3) is 0 Å². The first-order chi connectivity index (χ1) is 23.1. The molecule has 0 aromatic heterocycles. The average Bonchev–Trinajstić information content (AvgIpc) is 4.01. The van der Waals surface area contributed by atoms with Crippen molar-refractivity contribution in [2.24, 2.45) is 11.8 Å². The fourth-order valence-electron chi connectivity index (χ4n) is 6.54. The fourth-order valence-corrected chi connectivity index (χ4v) is 6.54. The van der Waals surface area contributed by atoms with Crippen molar-refractivity contribution >= 4 is 11.9 Å². The van der Waals surface area contributed by atoms with Crippen molar-refractivity contribution < 1.29 is 23.8 Å². The highest BCUT2D eigenvalue weighted by atomic mass is 16.6. The van der Waals surface area contributed by atoms with Gasteiger partial charge in [0.05, 0.1) is 37.3 Å².